The fourth-order valence-electron chi connectivity index (χ4n) is 1.68. The summed E-state index contributed by atoms with van der Waals surface area (Å²) in [5.74, 6) is 1.58. The molecule has 0 aromatic heterocycles. The largest absolute Gasteiger partial charge is 0.457 e. The first kappa shape index (κ1) is 13.0. The van der Waals surface area contributed by atoms with Gasteiger partial charge in [-0.25, -0.2) is 0 Å². The predicted molar refractivity (Wildman–Crippen MR) is 74.8 cm³/mol. The van der Waals surface area contributed by atoms with E-state index in [0.717, 1.165) is 12.2 Å². The Morgan fingerprint density at radius 1 is 1.05 bits per heavy atom. The van der Waals surface area contributed by atoms with Crippen LogP contribution in [0, 0.1) is 0 Å². The van der Waals surface area contributed by atoms with Crippen LogP contribution in [0.2, 0.25) is 0 Å². The van der Waals surface area contributed by atoms with Gasteiger partial charge in [-0.2, -0.15) is 0 Å². The van der Waals surface area contributed by atoms with Gasteiger partial charge < -0.3 is 15.7 Å². The molecule has 0 saturated heterocycles. The molecule has 0 heterocycles. The standard InChI is InChI=1S/C15H16N2O2/c1-2-11-3-7-13(8-4-11)19-14-9-5-12(6-10-14)15(16)17-18/h3-10,18H,2H2,1H3,(H2,16,17). The summed E-state index contributed by atoms with van der Waals surface area (Å²) < 4.78 is 5.70. The maximum absolute atomic E-state index is 8.57. The first-order chi connectivity index (χ1) is 9.22. The van der Waals surface area contributed by atoms with Crippen LogP contribution in [-0.4, -0.2) is 11.0 Å². The summed E-state index contributed by atoms with van der Waals surface area (Å²) in [6, 6.07) is 15.0. The van der Waals surface area contributed by atoms with Crippen LogP contribution in [0.1, 0.15) is 18.1 Å². The summed E-state index contributed by atoms with van der Waals surface area (Å²) in [5, 5.41) is 11.5. The highest BCUT2D eigenvalue weighted by molar-refractivity contribution is 5.97. The number of hydrogen-bond donors (Lipinski definition) is 2. The molecule has 2 rings (SSSR count). The zero-order valence-electron chi connectivity index (χ0n) is 10.7. The highest BCUT2D eigenvalue weighted by Gasteiger charge is 2.01. The third kappa shape index (κ3) is 3.25. The third-order valence-electron chi connectivity index (χ3n) is 2.83. The smallest absolute Gasteiger partial charge is 0.170 e. The van der Waals surface area contributed by atoms with Gasteiger partial charge >= 0.3 is 0 Å². The van der Waals surface area contributed by atoms with Crippen LogP contribution in [-0.2, 0) is 6.42 Å². The first-order valence-corrected chi connectivity index (χ1v) is 6.07. The molecule has 0 saturated carbocycles. The number of rotatable bonds is 4. The summed E-state index contributed by atoms with van der Waals surface area (Å²) in [7, 11) is 0. The van der Waals surface area contributed by atoms with Gasteiger partial charge in [0.05, 0.1) is 0 Å². The van der Waals surface area contributed by atoms with Crippen LogP contribution >= 0.6 is 0 Å². The van der Waals surface area contributed by atoms with Gasteiger partial charge in [-0.05, 0) is 48.4 Å². The van der Waals surface area contributed by atoms with Crippen molar-refractivity contribution in [3.8, 4) is 11.5 Å². The average Bonchev–Trinajstić information content (AvgIpc) is 2.48. The molecule has 0 unspecified atom stereocenters. The Morgan fingerprint density at radius 3 is 2.05 bits per heavy atom. The predicted octanol–water partition coefficient (Wildman–Crippen LogP) is 3.14. The second-order valence-corrected chi connectivity index (χ2v) is 4.11. The number of nitrogens with two attached hydrogens (primary N) is 1. The van der Waals surface area contributed by atoms with Crippen molar-refractivity contribution in [2.24, 2.45) is 10.9 Å². The summed E-state index contributed by atoms with van der Waals surface area (Å²) in [4.78, 5) is 0. The lowest BCUT2D eigenvalue weighted by molar-refractivity contribution is 0.318. The SMILES string of the molecule is CCc1ccc(Oc2ccc(/C(N)=N/O)cc2)cc1. The van der Waals surface area contributed by atoms with Crippen molar-refractivity contribution in [3.63, 3.8) is 0 Å². The van der Waals surface area contributed by atoms with Crippen molar-refractivity contribution >= 4 is 5.84 Å². The normalized spacial score (nSPS) is 11.3. The molecule has 4 nitrogen and oxygen atoms in total. The molecule has 3 N–H and O–H groups in total. The lowest BCUT2D eigenvalue weighted by Crippen LogP contribution is -2.12. The van der Waals surface area contributed by atoms with Gasteiger partial charge in [0.25, 0.3) is 0 Å². The van der Waals surface area contributed by atoms with Gasteiger partial charge in [-0.3, -0.25) is 0 Å². The molecular weight excluding hydrogens is 240 g/mol. The molecule has 2 aromatic carbocycles. The third-order valence-corrected chi connectivity index (χ3v) is 2.83. The molecule has 0 aliphatic heterocycles. The molecule has 0 radical (unpaired) electrons. The van der Waals surface area contributed by atoms with E-state index in [1.807, 2.05) is 24.3 Å². The van der Waals surface area contributed by atoms with E-state index in [0.29, 0.717) is 11.3 Å². The Kier molecular flexibility index (Phi) is 4.03. The van der Waals surface area contributed by atoms with Crippen molar-refractivity contribution in [3.05, 3.63) is 59.7 Å². The lowest BCUT2D eigenvalue weighted by Gasteiger charge is -2.07. The van der Waals surface area contributed by atoms with Crippen LogP contribution in [0.25, 0.3) is 0 Å². The molecular formula is C15H16N2O2. The van der Waals surface area contributed by atoms with Crippen LogP contribution in [0.5, 0.6) is 11.5 Å². The number of amidine groups is 1. The van der Waals surface area contributed by atoms with E-state index in [2.05, 4.69) is 12.1 Å². The maximum Gasteiger partial charge on any atom is 0.170 e. The molecule has 0 fully saturated rings. The average molecular weight is 256 g/mol. The lowest BCUT2D eigenvalue weighted by atomic mass is 10.2. The molecule has 0 bridgehead atoms. The number of hydrogen-bond acceptors (Lipinski definition) is 3. The van der Waals surface area contributed by atoms with Gasteiger partial charge in [-0.15, -0.1) is 0 Å². The van der Waals surface area contributed by atoms with E-state index in [-0.39, 0.29) is 5.84 Å². The molecule has 0 spiro atoms. The van der Waals surface area contributed by atoms with Gasteiger partial charge in [0, 0.05) is 5.56 Å². The molecule has 0 amide bonds. The van der Waals surface area contributed by atoms with Crippen LogP contribution in [0.4, 0.5) is 0 Å². The number of benzene rings is 2. The summed E-state index contributed by atoms with van der Waals surface area (Å²) >= 11 is 0. The molecule has 98 valence electrons. The fourth-order valence-corrected chi connectivity index (χ4v) is 1.68. The van der Waals surface area contributed by atoms with E-state index in [1.165, 1.54) is 5.56 Å². The molecule has 0 aliphatic carbocycles. The number of nitrogens with zero attached hydrogens (tertiary/aromatic N) is 1. The Hall–Kier alpha value is -2.49. The van der Waals surface area contributed by atoms with Gasteiger partial charge in [0.2, 0.25) is 0 Å². The summed E-state index contributed by atoms with van der Waals surface area (Å²) in [6.07, 6.45) is 1.01. The minimum atomic E-state index is 0.0823. The molecule has 2 aromatic rings. The second kappa shape index (κ2) is 5.91. The van der Waals surface area contributed by atoms with Crippen LogP contribution < -0.4 is 10.5 Å². The van der Waals surface area contributed by atoms with Gasteiger partial charge in [0.15, 0.2) is 5.84 Å². The van der Waals surface area contributed by atoms with Crippen molar-refractivity contribution in [2.75, 3.05) is 0 Å². The molecule has 0 aliphatic rings. The Bertz CT molecular complexity index is 560. The Labute approximate surface area is 112 Å². The van der Waals surface area contributed by atoms with E-state index >= 15 is 0 Å². The van der Waals surface area contributed by atoms with Crippen molar-refractivity contribution < 1.29 is 9.94 Å². The van der Waals surface area contributed by atoms with E-state index in [1.54, 1.807) is 24.3 Å². The van der Waals surface area contributed by atoms with Crippen LogP contribution in [0.15, 0.2) is 53.7 Å². The highest BCUT2D eigenvalue weighted by Crippen LogP contribution is 2.22. The molecule has 0 atom stereocenters. The van der Waals surface area contributed by atoms with Crippen molar-refractivity contribution in [2.45, 2.75) is 13.3 Å². The molecule has 4 heteroatoms. The van der Waals surface area contributed by atoms with Gasteiger partial charge in [-0.1, -0.05) is 24.2 Å². The van der Waals surface area contributed by atoms with E-state index < -0.39 is 0 Å². The topological polar surface area (TPSA) is 67.8 Å². The second-order valence-electron chi connectivity index (χ2n) is 4.11. The zero-order valence-corrected chi connectivity index (χ0v) is 10.7. The first-order valence-electron chi connectivity index (χ1n) is 6.07. The number of oxime groups is 1. The monoisotopic (exact) mass is 256 g/mol. The molecule has 19 heavy (non-hydrogen) atoms. The Morgan fingerprint density at radius 2 is 1.58 bits per heavy atom. The highest BCUT2D eigenvalue weighted by atomic mass is 16.5. The number of ether oxygens (including phenoxy) is 1. The summed E-state index contributed by atoms with van der Waals surface area (Å²) in [5.41, 5.74) is 7.41. The Balaban J connectivity index is 2.10. The van der Waals surface area contributed by atoms with Crippen LogP contribution in [0.3, 0.4) is 0 Å². The maximum atomic E-state index is 8.57. The minimum Gasteiger partial charge on any atom is -0.457 e. The number of aryl methyl sites for hydroxylation is 1. The van der Waals surface area contributed by atoms with Crippen molar-refractivity contribution in [1.82, 2.24) is 0 Å². The van der Waals surface area contributed by atoms with E-state index in [4.69, 9.17) is 15.7 Å². The quantitative estimate of drug-likeness (QED) is 0.382. The fraction of sp³-hybridized carbons (Fsp3) is 0.133. The zero-order chi connectivity index (χ0) is 13.7. The van der Waals surface area contributed by atoms with Gasteiger partial charge in [0.1, 0.15) is 11.5 Å². The summed E-state index contributed by atoms with van der Waals surface area (Å²) in [6.45, 7) is 2.11. The minimum absolute atomic E-state index is 0.0823. The van der Waals surface area contributed by atoms with Crippen molar-refractivity contribution in [1.29, 1.82) is 0 Å². The van der Waals surface area contributed by atoms with E-state index in [9.17, 15) is 0 Å².